The van der Waals surface area contributed by atoms with E-state index in [1.54, 1.807) is 12.1 Å². The van der Waals surface area contributed by atoms with E-state index in [2.05, 4.69) is 5.32 Å². The van der Waals surface area contributed by atoms with E-state index in [0.29, 0.717) is 5.69 Å². The van der Waals surface area contributed by atoms with Gasteiger partial charge in [0.15, 0.2) is 9.84 Å². The van der Waals surface area contributed by atoms with Crippen LogP contribution in [0.5, 0.6) is 0 Å². The number of nitrogens with one attached hydrogen (secondary N) is 1. The number of sulfone groups is 1. The number of aryl methyl sites for hydroxylation is 1. The van der Waals surface area contributed by atoms with Crippen molar-refractivity contribution in [1.29, 1.82) is 0 Å². The van der Waals surface area contributed by atoms with Gasteiger partial charge < -0.3 is 5.32 Å². The third kappa shape index (κ3) is 4.61. The van der Waals surface area contributed by atoms with E-state index in [9.17, 15) is 13.2 Å². The molecule has 1 amide bonds. The van der Waals surface area contributed by atoms with Gasteiger partial charge in [-0.2, -0.15) is 0 Å². The summed E-state index contributed by atoms with van der Waals surface area (Å²) in [6.45, 7) is 2.00. The molecule has 0 unspecified atom stereocenters. The SMILES string of the molecule is Cc1ccccc1SCC(=O)Nc1cccc(S(C)(=O)=O)c1. The molecule has 0 aliphatic carbocycles. The van der Waals surface area contributed by atoms with Crippen LogP contribution in [-0.2, 0) is 14.6 Å². The fraction of sp³-hybridized carbons (Fsp3) is 0.188. The minimum Gasteiger partial charge on any atom is -0.325 e. The Morgan fingerprint density at radius 2 is 1.86 bits per heavy atom. The van der Waals surface area contributed by atoms with Crippen LogP contribution >= 0.6 is 11.8 Å². The van der Waals surface area contributed by atoms with Crippen molar-refractivity contribution in [3.05, 3.63) is 54.1 Å². The average molecular weight is 335 g/mol. The lowest BCUT2D eigenvalue weighted by Gasteiger charge is -2.08. The van der Waals surface area contributed by atoms with Gasteiger partial charge in [-0.3, -0.25) is 4.79 Å². The largest absolute Gasteiger partial charge is 0.325 e. The Kier molecular flexibility index (Phi) is 5.26. The summed E-state index contributed by atoms with van der Waals surface area (Å²) in [4.78, 5) is 13.2. The maximum Gasteiger partial charge on any atom is 0.234 e. The second-order valence-electron chi connectivity index (χ2n) is 4.90. The number of anilines is 1. The molecule has 2 rings (SSSR count). The Morgan fingerprint density at radius 1 is 1.14 bits per heavy atom. The van der Waals surface area contributed by atoms with Crippen LogP contribution in [0.15, 0.2) is 58.3 Å². The Labute approximate surface area is 134 Å². The highest BCUT2D eigenvalue weighted by Gasteiger charge is 2.09. The van der Waals surface area contributed by atoms with Crippen LogP contribution in [0.2, 0.25) is 0 Å². The van der Waals surface area contributed by atoms with E-state index in [1.165, 1.54) is 23.9 Å². The van der Waals surface area contributed by atoms with E-state index >= 15 is 0 Å². The van der Waals surface area contributed by atoms with Gasteiger partial charge in [0, 0.05) is 16.8 Å². The summed E-state index contributed by atoms with van der Waals surface area (Å²) in [7, 11) is -3.28. The van der Waals surface area contributed by atoms with Crippen molar-refractivity contribution in [2.45, 2.75) is 16.7 Å². The number of carbonyl (C=O) groups is 1. The van der Waals surface area contributed by atoms with Gasteiger partial charge in [-0.05, 0) is 36.8 Å². The minimum atomic E-state index is -3.28. The lowest BCUT2D eigenvalue weighted by Crippen LogP contribution is -2.14. The van der Waals surface area contributed by atoms with E-state index in [1.807, 2.05) is 31.2 Å². The summed E-state index contributed by atoms with van der Waals surface area (Å²) in [6.07, 6.45) is 1.14. The highest BCUT2D eigenvalue weighted by atomic mass is 32.2. The van der Waals surface area contributed by atoms with E-state index in [-0.39, 0.29) is 16.6 Å². The van der Waals surface area contributed by atoms with Crippen LogP contribution in [0.25, 0.3) is 0 Å². The first kappa shape index (κ1) is 16.6. The number of hydrogen-bond donors (Lipinski definition) is 1. The maximum absolute atomic E-state index is 12.0. The summed E-state index contributed by atoms with van der Waals surface area (Å²) in [5.41, 5.74) is 1.61. The molecule has 22 heavy (non-hydrogen) atoms. The average Bonchev–Trinajstić information content (AvgIpc) is 2.46. The summed E-state index contributed by atoms with van der Waals surface area (Å²) in [5, 5.41) is 2.72. The molecule has 0 heterocycles. The lowest BCUT2D eigenvalue weighted by molar-refractivity contribution is -0.113. The summed E-state index contributed by atoms with van der Waals surface area (Å²) in [6, 6.07) is 14.1. The normalized spacial score (nSPS) is 11.2. The van der Waals surface area contributed by atoms with Crippen LogP contribution in [0.3, 0.4) is 0 Å². The first-order valence-electron chi connectivity index (χ1n) is 6.64. The maximum atomic E-state index is 12.0. The lowest BCUT2D eigenvalue weighted by atomic mass is 10.2. The van der Waals surface area contributed by atoms with Crippen LogP contribution in [0.4, 0.5) is 5.69 Å². The quantitative estimate of drug-likeness (QED) is 0.853. The zero-order valence-electron chi connectivity index (χ0n) is 12.4. The number of hydrogen-bond acceptors (Lipinski definition) is 4. The van der Waals surface area contributed by atoms with Gasteiger partial charge in [0.2, 0.25) is 5.91 Å². The molecule has 0 saturated carbocycles. The van der Waals surface area contributed by atoms with Crippen molar-refractivity contribution in [1.82, 2.24) is 0 Å². The number of carbonyl (C=O) groups excluding carboxylic acids is 1. The number of rotatable bonds is 5. The van der Waals surface area contributed by atoms with E-state index in [4.69, 9.17) is 0 Å². The molecule has 0 aliphatic rings. The predicted octanol–water partition coefficient (Wildman–Crippen LogP) is 3.13. The predicted molar refractivity (Wildman–Crippen MR) is 90.1 cm³/mol. The molecule has 1 N–H and O–H groups in total. The van der Waals surface area contributed by atoms with Gasteiger partial charge in [0.25, 0.3) is 0 Å². The van der Waals surface area contributed by atoms with Crippen molar-refractivity contribution in [2.24, 2.45) is 0 Å². The Hall–Kier alpha value is -1.79. The fourth-order valence-electron chi connectivity index (χ4n) is 1.86. The summed E-state index contributed by atoms with van der Waals surface area (Å²) >= 11 is 1.45. The highest BCUT2D eigenvalue weighted by molar-refractivity contribution is 8.00. The van der Waals surface area contributed by atoms with Gasteiger partial charge in [-0.15, -0.1) is 11.8 Å². The van der Waals surface area contributed by atoms with Crippen molar-refractivity contribution in [2.75, 3.05) is 17.3 Å². The van der Waals surface area contributed by atoms with Gasteiger partial charge in [0.1, 0.15) is 0 Å². The first-order valence-corrected chi connectivity index (χ1v) is 9.52. The standard InChI is InChI=1S/C16H17NO3S2/c1-12-6-3-4-9-15(12)21-11-16(18)17-13-7-5-8-14(10-13)22(2,19)20/h3-10H,11H2,1-2H3,(H,17,18). The van der Waals surface area contributed by atoms with Crippen molar-refractivity contribution in [3.8, 4) is 0 Å². The molecule has 2 aromatic carbocycles. The van der Waals surface area contributed by atoms with Gasteiger partial charge in [-0.25, -0.2) is 8.42 Å². The second-order valence-corrected chi connectivity index (χ2v) is 7.94. The van der Waals surface area contributed by atoms with Gasteiger partial charge in [0.05, 0.1) is 10.6 Å². The smallest absolute Gasteiger partial charge is 0.234 e. The summed E-state index contributed by atoms with van der Waals surface area (Å²) < 4.78 is 23.0. The Balaban J connectivity index is 2.00. The number of thioether (sulfide) groups is 1. The molecular weight excluding hydrogens is 318 g/mol. The monoisotopic (exact) mass is 335 g/mol. The molecule has 2 aromatic rings. The molecule has 4 nitrogen and oxygen atoms in total. The molecule has 0 saturated heterocycles. The van der Waals surface area contributed by atoms with Crippen molar-refractivity contribution < 1.29 is 13.2 Å². The zero-order chi connectivity index (χ0) is 16.2. The third-order valence-corrected chi connectivity index (χ3v) is 5.28. The van der Waals surface area contributed by atoms with Crippen molar-refractivity contribution in [3.63, 3.8) is 0 Å². The van der Waals surface area contributed by atoms with Crippen LogP contribution in [0, 0.1) is 6.92 Å². The fourth-order valence-corrected chi connectivity index (χ4v) is 3.36. The van der Waals surface area contributed by atoms with E-state index in [0.717, 1.165) is 16.7 Å². The van der Waals surface area contributed by atoms with Crippen molar-refractivity contribution >= 4 is 33.2 Å². The first-order chi connectivity index (χ1) is 10.4. The van der Waals surface area contributed by atoms with Crippen LogP contribution in [0.1, 0.15) is 5.56 Å². The van der Waals surface area contributed by atoms with Gasteiger partial charge >= 0.3 is 0 Å². The molecule has 0 atom stereocenters. The molecular formula is C16H17NO3S2. The zero-order valence-corrected chi connectivity index (χ0v) is 14.0. The molecule has 0 bridgehead atoms. The summed E-state index contributed by atoms with van der Waals surface area (Å²) in [5.74, 6) is 0.104. The molecule has 0 aromatic heterocycles. The third-order valence-electron chi connectivity index (χ3n) is 3.00. The molecule has 0 fully saturated rings. The molecule has 0 aliphatic heterocycles. The number of benzene rings is 2. The van der Waals surface area contributed by atoms with Crippen LogP contribution in [-0.4, -0.2) is 26.3 Å². The molecule has 0 radical (unpaired) electrons. The Bertz CT molecular complexity index is 785. The topological polar surface area (TPSA) is 63.2 Å². The van der Waals surface area contributed by atoms with Crippen LogP contribution < -0.4 is 5.32 Å². The number of amides is 1. The molecule has 6 heteroatoms. The highest BCUT2D eigenvalue weighted by Crippen LogP contribution is 2.22. The van der Waals surface area contributed by atoms with Gasteiger partial charge in [-0.1, -0.05) is 24.3 Å². The molecule has 0 spiro atoms. The Morgan fingerprint density at radius 3 is 2.55 bits per heavy atom. The second kappa shape index (κ2) is 6.98. The minimum absolute atomic E-state index is 0.168. The molecule has 116 valence electrons. The van der Waals surface area contributed by atoms with E-state index < -0.39 is 9.84 Å².